The molecule has 0 saturated carbocycles. The van der Waals surface area contributed by atoms with Crippen LogP contribution in [0.1, 0.15) is 29.9 Å². The lowest BCUT2D eigenvalue weighted by Gasteiger charge is -2.14. The number of pyridine rings is 1. The van der Waals surface area contributed by atoms with Gasteiger partial charge in [-0.25, -0.2) is 0 Å². The van der Waals surface area contributed by atoms with Crippen LogP contribution in [0.3, 0.4) is 0 Å². The third-order valence-electron chi connectivity index (χ3n) is 2.41. The van der Waals surface area contributed by atoms with Gasteiger partial charge in [-0.3, -0.25) is 9.78 Å². The van der Waals surface area contributed by atoms with Crippen molar-refractivity contribution in [3.63, 3.8) is 0 Å². The summed E-state index contributed by atoms with van der Waals surface area (Å²) in [5.41, 5.74) is 1.40. The van der Waals surface area contributed by atoms with E-state index in [4.69, 9.17) is 0 Å². The van der Waals surface area contributed by atoms with Gasteiger partial charge in [-0.15, -0.1) is 0 Å². The highest BCUT2D eigenvalue weighted by atomic mass is 79.9. The number of alkyl halides is 1. The van der Waals surface area contributed by atoms with Crippen molar-refractivity contribution in [2.45, 2.75) is 25.6 Å². The first-order valence-electron chi connectivity index (χ1n) is 5.36. The molecule has 16 heavy (non-hydrogen) atoms. The fraction of sp³-hybridized carbons (Fsp3) is 0.500. The van der Waals surface area contributed by atoms with Crippen molar-refractivity contribution in [1.82, 2.24) is 10.3 Å². The van der Waals surface area contributed by atoms with Crippen LogP contribution in [-0.2, 0) is 0 Å². The molecule has 1 N–H and O–H groups in total. The zero-order valence-corrected chi connectivity index (χ0v) is 11.4. The number of aromatic nitrogens is 1. The molecule has 4 heteroatoms. The second-order valence-electron chi connectivity index (χ2n) is 4.14. The molecular formula is C12H17BrN2O. The van der Waals surface area contributed by atoms with E-state index < -0.39 is 0 Å². The third kappa shape index (κ3) is 3.59. The monoisotopic (exact) mass is 284 g/mol. The Hall–Kier alpha value is -0.900. The van der Waals surface area contributed by atoms with Gasteiger partial charge in [0.05, 0.1) is 0 Å². The van der Waals surface area contributed by atoms with E-state index in [-0.39, 0.29) is 5.91 Å². The second-order valence-corrected chi connectivity index (χ2v) is 5.32. The number of hydrogen-bond acceptors (Lipinski definition) is 2. The fourth-order valence-corrected chi connectivity index (χ4v) is 1.39. The van der Waals surface area contributed by atoms with Crippen molar-refractivity contribution in [3.05, 3.63) is 29.6 Å². The number of carbonyl (C=O) groups is 1. The SMILES string of the molecule is Cc1cccnc1C(=O)NCC(Br)C(C)C. The molecule has 0 radical (unpaired) electrons. The van der Waals surface area contributed by atoms with Gasteiger partial charge in [-0.2, -0.15) is 0 Å². The second kappa shape index (κ2) is 5.99. The van der Waals surface area contributed by atoms with Crippen molar-refractivity contribution in [1.29, 1.82) is 0 Å². The largest absolute Gasteiger partial charge is 0.350 e. The van der Waals surface area contributed by atoms with Gasteiger partial charge in [-0.05, 0) is 24.5 Å². The lowest BCUT2D eigenvalue weighted by Crippen LogP contribution is -2.32. The summed E-state index contributed by atoms with van der Waals surface area (Å²) >= 11 is 3.53. The lowest BCUT2D eigenvalue weighted by atomic mass is 10.1. The Kier molecular flexibility index (Phi) is 4.93. The summed E-state index contributed by atoms with van der Waals surface area (Å²) in [7, 11) is 0. The molecule has 1 unspecified atom stereocenters. The molecule has 0 fully saturated rings. The molecule has 1 atom stereocenters. The van der Waals surface area contributed by atoms with Gasteiger partial charge in [0, 0.05) is 17.6 Å². The molecule has 0 bridgehead atoms. The summed E-state index contributed by atoms with van der Waals surface area (Å²) in [6.45, 7) is 6.72. The molecule has 0 saturated heterocycles. The zero-order valence-electron chi connectivity index (χ0n) is 9.83. The Morgan fingerprint density at radius 3 is 2.81 bits per heavy atom. The van der Waals surface area contributed by atoms with Crippen LogP contribution in [0.25, 0.3) is 0 Å². The summed E-state index contributed by atoms with van der Waals surface area (Å²) in [4.78, 5) is 16.2. The maximum atomic E-state index is 11.8. The number of aryl methyl sites for hydroxylation is 1. The topological polar surface area (TPSA) is 42.0 Å². The molecule has 0 aliphatic carbocycles. The molecule has 0 aliphatic rings. The fourth-order valence-electron chi connectivity index (χ4n) is 1.23. The number of nitrogens with zero attached hydrogens (tertiary/aromatic N) is 1. The number of rotatable bonds is 4. The number of hydrogen-bond donors (Lipinski definition) is 1. The molecular weight excluding hydrogens is 268 g/mol. The molecule has 88 valence electrons. The van der Waals surface area contributed by atoms with E-state index in [0.717, 1.165) is 5.56 Å². The lowest BCUT2D eigenvalue weighted by molar-refractivity contribution is 0.0947. The maximum absolute atomic E-state index is 11.8. The van der Waals surface area contributed by atoms with Crippen LogP contribution in [-0.4, -0.2) is 22.3 Å². The van der Waals surface area contributed by atoms with Crippen LogP contribution in [0.5, 0.6) is 0 Å². The Bertz CT molecular complexity index is 366. The molecule has 0 spiro atoms. The van der Waals surface area contributed by atoms with Gasteiger partial charge in [0.25, 0.3) is 5.91 Å². The van der Waals surface area contributed by atoms with E-state index >= 15 is 0 Å². The Labute approximate surface area is 105 Å². The highest BCUT2D eigenvalue weighted by molar-refractivity contribution is 9.09. The predicted octanol–water partition coefficient (Wildman–Crippen LogP) is 2.54. The minimum atomic E-state index is -0.108. The summed E-state index contributed by atoms with van der Waals surface area (Å²) in [5.74, 6) is 0.383. The van der Waals surface area contributed by atoms with Crippen LogP contribution < -0.4 is 5.32 Å². The molecule has 1 amide bonds. The van der Waals surface area contributed by atoms with Gasteiger partial charge >= 0.3 is 0 Å². The van der Waals surface area contributed by atoms with Crippen LogP contribution in [0.4, 0.5) is 0 Å². The van der Waals surface area contributed by atoms with Gasteiger partial charge in [0.15, 0.2) is 0 Å². The quantitative estimate of drug-likeness (QED) is 0.864. The number of amides is 1. The van der Waals surface area contributed by atoms with E-state index in [2.05, 4.69) is 40.1 Å². The Balaban J connectivity index is 2.57. The van der Waals surface area contributed by atoms with E-state index in [1.807, 2.05) is 19.1 Å². The number of carbonyl (C=O) groups excluding carboxylic acids is 1. The number of nitrogens with one attached hydrogen (secondary N) is 1. The smallest absolute Gasteiger partial charge is 0.270 e. The van der Waals surface area contributed by atoms with Gasteiger partial charge in [0.1, 0.15) is 5.69 Å². The van der Waals surface area contributed by atoms with E-state index in [9.17, 15) is 4.79 Å². The highest BCUT2D eigenvalue weighted by Gasteiger charge is 2.13. The van der Waals surface area contributed by atoms with Crippen molar-refractivity contribution in [2.24, 2.45) is 5.92 Å². The van der Waals surface area contributed by atoms with E-state index in [1.54, 1.807) is 6.20 Å². The molecule has 0 aliphatic heterocycles. The van der Waals surface area contributed by atoms with Crippen molar-refractivity contribution in [2.75, 3.05) is 6.54 Å². The third-order valence-corrected chi connectivity index (χ3v) is 3.79. The van der Waals surface area contributed by atoms with Gasteiger partial charge in [0.2, 0.25) is 0 Å². The summed E-state index contributed by atoms with van der Waals surface area (Å²) in [6, 6.07) is 3.71. The zero-order chi connectivity index (χ0) is 12.1. The van der Waals surface area contributed by atoms with Crippen molar-refractivity contribution < 1.29 is 4.79 Å². The molecule has 1 aromatic heterocycles. The molecule has 1 heterocycles. The molecule has 0 aromatic carbocycles. The highest BCUT2D eigenvalue weighted by Crippen LogP contribution is 2.10. The van der Waals surface area contributed by atoms with Crippen LogP contribution in [0, 0.1) is 12.8 Å². The van der Waals surface area contributed by atoms with E-state index in [1.165, 1.54) is 0 Å². The van der Waals surface area contributed by atoms with Crippen LogP contribution in [0.15, 0.2) is 18.3 Å². The number of halogens is 1. The van der Waals surface area contributed by atoms with Gasteiger partial charge < -0.3 is 5.32 Å². The Morgan fingerprint density at radius 2 is 2.25 bits per heavy atom. The Morgan fingerprint density at radius 1 is 1.56 bits per heavy atom. The first kappa shape index (κ1) is 13.2. The molecule has 1 rings (SSSR count). The summed E-state index contributed by atoms with van der Waals surface area (Å²) in [6.07, 6.45) is 1.63. The van der Waals surface area contributed by atoms with Crippen LogP contribution in [0.2, 0.25) is 0 Å². The van der Waals surface area contributed by atoms with Crippen molar-refractivity contribution in [3.8, 4) is 0 Å². The first-order chi connectivity index (χ1) is 7.52. The molecule has 1 aromatic rings. The maximum Gasteiger partial charge on any atom is 0.270 e. The summed E-state index contributed by atoms with van der Waals surface area (Å²) < 4.78 is 0. The molecule has 3 nitrogen and oxygen atoms in total. The minimum Gasteiger partial charge on any atom is -0.350 e. The van der Waals surface area contributed by atoms with Crippen molar-refractivity contribution >= 4 is 21.8 Å². The average Bonchev–Trinajstić information content (AvgIpc) is 2.25. The summed E-state index contributed by atoms with van der Waals surface area (Å²) in [5, 5.41) is 2.87. The average molecular weight is 285 g/mol. The minimum absolute atomic E-state index is 0.108. The van der Waals surface area contributed by atoms with Gasteiger partial charge in [-0.1, -0.05) is 35.8 Å². The normalized spacial score (nSPS) is 12.6. The van der Waals surface area contributed by atoms with E-state index in [0.29, 0.717) is 23.0 Å². The standard InChI is InChI=1S/C12H17BrN2O/c1-8(2)10(13)7-15-12(16)11-9(3)5-4-6-14-11/h4-6,8,10H,7H2,1-3H3,(H,15,16). The predicted molar refractivity (Wildman–Crippen MR) is 68.9 cm³/mol. The first-order valence-corrected chi connectivity index (χ1v) is 6.28. The van der Waals surface area contributed by atoms with Crippen LogP contribution >= 0.6 is 15.9 Å².